The molecule has 0 aliphatic rings. The van der Waals surface area contributed by atoms with E-state index in [1.54, 1.807) is 0 Å². The predicted octanol–water partition coefficient (Wildman–Crippen LogP) is 4.23. The van der Waals surface area contributed by atoms with Gasteiger partial charge in [-0.25, -0.2) is 0 Å². The highest BCUT2D eigenvalue weighted by Crippen LogP contribution is 2.30. The van der Waals surface area contributed by atoms with Gasteiger partial charge in [0.05, 0.1) is 23.0 Å². The van der Waals surface area contributed by atoms with Crippen LogP contribution in [-0.4, -0.2) is 5.33 Å². The van der Waals surface area contributed by atoms with Gasteiger partial charge in [0.25, 0.3) is 0 Å². The van der Waals surface area contributed by atoms with E-state index in [-0.39, 0.29) is 0 Å². The van der Waals surface area contributed by atoms with Crippen molar-refractivity contribution in [3.8, 4) is 12.1 Å². The van der Waals surface area contributed by atoms with Gasteiger partial charge >= 0.3 is 0 Å². The number of rotatable bonds is 4. The Morgan fingerprint density at radius 1 is 0.947 bits per heavy atom. The monoisotopic (exact) mass is 318 g/mol. The normalized spacial score (nSPS) is 11.7. The summed E-state index contributed by atoms with van der Waals surface area (Å²) in [5.41, 5.74) is 2.04. The number of alkyl halides is 1. The Bertz CT molecular complexity index is 501. The summed E-state index contributed by atoms with van der Waals surface area (Å²) in [6.07, 6.45) is 0.893. The molecule has 0 radical (unpaired) electrons. The summed E-state index contributed by atoms with van der Waals surface area (Å²) in [7, 11) is 0. The van der Waals surface area contributed by atoms with Crippen molar-refractivity contribution in [3.05, 3.63) is 34.9 Å². The molecular formula is C16H19BrN2. The number of benzene rings is 1. The van der Waals surface area contributed by atoms with E-state index < -0.39 is 10.8 Å². The summed E-state index contributed by atoms with van der Waals surface area (Å²) in [5, 5.41) is 19.5. The Hall–Kier alpha value is -1.32. The van der Waals surface area contributed by atoms with Crippen molar-refractivity contribution >= 4 is 15.9 Å². The zero-order valence-corrected chi connectivity index (χ0v) is 13.5. The molecule has 2 nitrogen and oxygen atoms in total. The van der Waals surface area contributed by atoms with Gasteiger partial charge in [0.2, 0.25) is 0 Å². The fourth-order valence-corrected chi connectivity index (χ4v) is 2.25. The average Bonchev–Trinajstić information content (AvgIpc) is 2.38. The predicted molar refractivity (Wildman–Crippen MR) is 81.2 cm³/mol. The van der Waals surface area contributed by atoms with Crippen molar-refractivity contribution in [2.24, 2.45) is 0 Å². The van der Waals surface area contributed by atoms with Crippen molar-refractivity contribution < 1.29 is 0 Å². The van der Waals surface area contributed by atoms with E-state index in [0.717, 1.165) is 28.4 Å². The minimum atomic E-state index is -0.539. The lowest BCUT2D eigenvalue weighted by Crippen LogP contribution is -2.19. The maximum absolute atomic E-state index is 9.29. The van der Waals surface area contributed by atoms with Gasteiger partial charge in [0.1, 0.15) is 0 Å². The molecule has 0 heterocycles. The number of hydrogen-bond acceptors (Lipinski definition) is 2. The summed E-state index contributed by atoms with van der Waals surface area (Å²) < 4.78 is 0. The average molecular weight is 319 g/mol. The smallest absolute Gasteiger partial charge is 0.0766 e. The fraction of sp³-hybridized carbons (Fsp3) is 0.500. The molecule has 0 aliphatic heterocycles. The third-order valence-electron chi connectivity index (χ3n) is 3.38. The van der Waals surface area contributed by atoms with E-state index in [9.17, 15) is 10.5 Å². The second-order valence-corrected chi connectivity index (χ2v) is 6.62. The molecule has 1 aromatic rings. The Kier molecular flexibility index (Phi) is 4.77. The summed E-state index contributed by atoms with van der Waals surface area (Å²) >= 11 is 3.44. The van der Waals surface area contributed by atoms with E-state index in [1.165, 1.54) is 0 Å². The molecule has 0 saturated heterocycles. The Labute approximate surface area is 124 Å². The number of halogens is 1. The minimum Gasteiger partial charge on any atom is -0.197 e. The van der Waals surface area contributed by atoms with Crippen LogP contribution in [0, 0.1) is 22.7 Å². The minimum absolute atomic E-state index is 0.539. The lowest BCUT2D eigenvalue weighted by molar-refractivity contribution is 0.659. The van der Waals surface area contributed by atoms with Crippen LogP contribution in [0.4, 0.5) is 0 Å². The lowest BCUT2D eigenvalue weighted by atomic mass is 9.79. The van der Waals surface area contributed by atoms with Gasteiger partial charge in [-0.1, -0.05) is 34.1 Å². The summed E-state index contributed by atoms with van der Waals surface area (Å²) in [4.78, 5) is 0. The highest BCUT2D eigenvalue weighted by molar-refractivity contribution is 9.09. The van der Waals surface area contributed by atoms with Crippen molar-refractivity contribution in [2.45, 2.75) is 44.9 Å². The van der Waals surface area contributed by atoms with Crippen LogP contribution in [0.2, 0.25) is 0 Å². The van der Waals surface area contributed by atoms with Gasteiger partial charge in [-0.2, -0.15) is 10.5 Å². The molecule has 0 atom stereocenters. The van der Waals surface area contributed by atoms with Gasteiger partial charge in [-0.05, 0) is 50.8 Å². The van der Waals surface area contributed by atoms with Crippen LogP contribution in [0.25, 0.3) is 0 Å². The number of nitrogens with zero attached hydrogens (tertiary/aromatic N) is 2. The van der Waals surface area contributed by atoms with Crippen LogP contribution in [-0.2, 0) is 17.3 Å². The van der Waals surface area contributed by atoms with E-state index in [2.05, 4.69) is 40.2 Å². The zero-order valence-electron chi connectivity index (χ0n) is 11.9. The highest BCUT2D eigenvalue weighted by atomic mass is 79.9. The molecule has 0 unspecified atom stereocenters. The largest absolute Gasteiger partial charge is 0.197 e. The van der Waals surface area contributed by atoms with Crippen molar-refractivity contribution in [1.82, 2.24) is 0 Å². The van der Waals surface area contributed by atoms with Gasteiger partial charge in [0.15, 0.2) is 0 Å². The third kappa shape index (κ3) is 3.58. The molecule has 3 heteroatoms. The quantitative estimate of drug-likeness (QED) is 0.780. The molecule has 0 N–H and O–H groups in total. The van der Waals surface area contributed by atoms with E-state index >= 15 is 0 Å². The second kappa shape index (κ2) is 5.76. The standard InChI is InChI=1S/C16H19BrN2/c1-15(2,10-18)13-7-12(5-6-17)8-14(9-13)16(3,4)11-19/h7-9H,5-6H2,1-4H3. The summed E-state index contributed by atoms with van der Waals surface area (Å²) in [6, 6.07) is 10.8. The molecule has 0 spiro atoms. The van der Waals surface area contributed by atoms with E-state index in [1.807, 2.05) is 33.8 Å². The molecule has 0 aliphatic carbocycles. The second-order valence-electron chi connectivity index (χ2n) is 5.83. The van der Waals surface area contributed by atoms with Crippen molar-refractivity contribution in [3.63, 3.8) is 0 Å². The lowest BCUT2D eigenvalue weighted by Gasteiger charge is -2.23. The van der Waals surface area contributed by atoms with Gasteiger partial charge in [-0.15, -0.1) is 0 Å². The summed E-state index contributed by atoms with van der Waals surface area (Å²) in [5.74, 6) is 0. The number of hydrogen-bond donors (Lipinski definition) is 0. The molecule has 0 amide bonds. The summed E-state index contributed by atoms with van der Waals surface area (Å²) in [6.45, 7) is 7.62. The SMILES string of the molecule is CC(C)(C#N)c1cc(CCBr)cc(C(C)(C)C#N)c1. The number of aryl methyl sites for hydroxylation is 1. The molecule has 100 valence electrons. The first-order valence-electron chi connectivity index (χ1n) is 6.30. The maximum Gasteiger partial charge on any atom is 0.0766 e. The van der Waals surface area contributed by atoms with Crippen LogP contribution in [0.1, 0.15) is 44.4 Å². The molecule has 0 saturated carbocycles. The van der Waals surface area contributed by atoms with Crippen molar-refractivity contribution in [2.75, 3.05) is 5.33 Å². The van der Waals surface area contributed by atoms with Crippen LogP contribution >= 0.6 is 15.9 Å². The van der Waals surface area contributed by atoms with Gasteiger partial charge in [-0.3, -0.25) is 0 Å². The molecule has 1 rings (SSSR count). The fourth-order valence-electron chi connectivity index (χ4n) is 1.80. The molecule has 0 fully saturated rings. The highest BCUT2D eigenvalue weighted by Gasteiger charge is 2.25. The van der Waals surface area contributed by atoms with Crippen LogP contribution in [0.5, 0.6) is 0 Å². The molecule has 0 bridgehead atoms. The van der Waals surface area contributed by atoms with E-state index in [4.69, 9.17) is 0 Å². The molecule has 0 aromatic heterocycles. The zero-order chi connectivity index (χ0) is 14.7. The Balaban J connectivity index is 3.44. The van der Waals surface area contributed by atoms with Crippen LogP contribution in [0.3, 0.4) is 0 Å². The van der Waals surface area contributed by atoms with Crippen LogP contribution < -0.4 is 0 Å². The van der Waals surface area contributed by atoms with Crippen molar-refractivity contribution in [1.29, 1.82) is 10.5 Å². The molecular weight excluding hydrogens is 300 g/mol. The van der Waals surface area contributed by atoms with E-state index in [0.29, 0.717) is 0 Å². The maximum atomic E-state index is 9.29. The van der Waals surface area contributed by atoms with Gasteiger partial charge < -0.3 is 0 Å². The third-order valence-corrected chi connectivity index (χ3v) is 3.77. The molecule has 1 aromatic carbocycles. The molecule has 19 heavy (non-hydrogen) atoms. The first-order valence-corrected chi connectivity index (χ1v) is 7.42. The number of nitriles is 2. The first kappa shape index (κ1) is 15.7. The topological polar surface area (TPSA) is 47.6 Å². The van der Waals surface area contributed by atoms with Crippen LogP contribution in [0.15, 0.2) is 18.2 Å². The first-order chi connectivity index (χ1) is 8.76. The Morgan fingerprint density at radius 2 is 1.37 bits per heavy atom. The van der Waals surface area contributed by atoms with Gasteiger partial charge in [0, 0.05) is 5.33 Å². The Morgan fingerprint density at radius 3 is 1.68 bits per heavy atom.